The molecular formula is C10H16IN3O2S. The van der Waals surface area contributed by atoms with Gasteiger partial charge in [-0.25, -0.2) is 8.42 Å². The molecule has 17 heavy (non-hydrogen) atoms. The molecule has 96 valence electrons. The first kappa shape index (κ1) is 13.3. The van der Waals surface area contributed by atoms with Crippen molar-refractivity contribution < 1.29 is 8.42 Å². The lowest BCUT2D eigenvalue weighted by molar-refractivity contribution is 0.412. The molecule has 1 aliphatic rings. The highest BCUT2D eigenvalue weighted by Crippen LogP contribution is 2.24. The third-order valence-electron chi connectivity index (χ3n) is 3.04. The largest absolute Gasteiger partial charge is 0.268 e. The van der Waals surface area contributed by atoms with E-state index in [1.165, 1.54) is 11.9 Å². The first-order valence-corrected chi connectivity index (χ1v) is 8.55. The number of hydrogen-bond donors (Lipinski definition) is 0. The van der Waals surface area contributed by atoms with Crippen LogP contribution in [0.25, 0.3) is 0 Å². The topological polar surface area (TPSA) is 55.2 Å². The van der Waals surface area contributed by atoms with Crippen LogP contribution in [-0.4, -0.2) is 35.3 Å². The summed E-state index contributed by atoms with van der Waals surface area (Å²) in [5, 5.41) is 4.45. The molecule has 0 atom stereocenters. The van der Waals surface area contributed by atoms with Gasteiger partial charge in [-0.15, -0.1) is 0 Å². The van der Waals surface area contributed by atoms with Crippen LogP contribution in [0.15, 0.2) is 0 Å². The molecule has 0 N–H and O–H groups in total. The van der Waals surface area contributed by atoms with Crippen molar-refractivity contribution in [2.24, 2.45) is 0 Å². The Morgan fingerprint density at radius 1 is 1.47 bits per heavy atom. The Morgan fingerprint density at radius 2 is 2.18 bits per heavy atom. The Hall–Kier alpha value is -0.150. The highest BCUT2D eigenvalue weighted by molar-refractivity contribution is 14.1. The van der Waals surface area contributed by atoms with E-state index in [9.17, 15) is 8.42 Å². The van der Waals surface area contributed by atoms with Crippen molar-refractivity contribution in [3.8, 4) is 0 Å². The molecule has 1 aromatic rings. The summed E-state index contributed by atoms with van der Waals surface area (Å²) >= 11 is 2.19. The van der Waals surface area contributed by atoms with E-state index in [0.29, 0.717) is 13.1 Å². The predicted molar refractivity (Wildman–Crippen MR) is 74.2 cm³/mol. The Balaban J connectivity index is 2.41. The highest BCUT2D eigenvalue weighted by atomic mass is 127. The van der Waals surface area contributed by atoms with Crippen molar-refractivity contribution in [1.29, 1.82) is 0 Å². The van der Waals surface area contributed by atoms with E-state index in [2.05, 4.69) is 34.6 Å². The minimum atomic E-state index is -3.11. The molecule has 5 nitrogen and oxygen atoms in total. The Bertz CT molecular complexity index is 524. The van der Waals surface area contributed by atoms with Crippen molar-refractivity contribution in [3.05, 3.63) is 15.0 Å². The average Bonchev–Trinajstić information content (AvgIpc) is 2.45. The maximum absolute atomic E-state index is 11.6. The van der Waals surface area contributed by atoms with E-state index in [1.807, 2.05) is 4.68 Å². The fraction of sp³-hybridized carbons (Fsp3) is 0.700. The molecule has 2 rings (SSSR count). The summed E-state index contributed by atoms with van der Waals surface area (Å²) < 4.78 is 27.7. The SMILES string of the molecule is CCn1nc(I)c2c1CCCN(S(C)(=O)=O)C2. The van der Waals surface area contributed by atoms with E-state index in [0.717, 1.165) is 28.7 Å². The molecule has 0 spiro atoms. The zero-order valence-corrected chi connectivity index (χ0v) is 13.0. The zero-order valence-electron chi connectivity index (χ0n) is 9.98. The lowest BCUT2D eigenvalue weighted by Gasteiger charge is -2.16. The molecule has 0 amide bonds. The number of halogens is 1. The minimum Gasteiger partial charge on any atom is -0.268 e. The van der Waals surface area contributed by atoms with Crippen molar-refractivity contribution in [2.75, 3.05) is 12.8 Å². The quantitative estimate of drug-likeness (QED) is 0.737. The standard InChI is InChI=1S/C10H16IN3O2S/c1-3-14-9-5-4-6-13(17(2,15)16)7-8(9)10(11)12-14/h3-7H2,1-2H3. The van der Waals surface area contributed by atoms with E-state index in [4.69, 9.17) is 0 Å². The van der Waals surface area contributed by atoms with Crippen molar-refractivity contribution in [3.63, 3.8) is 0 Å². The summed E-state index contributed by atoms with van der Waals surface area (Å²) in [4.78, 5) is 0. The highest BCUT2D eigenvalue weighted by Gasteiger charge is 2.25. The summed E-state index contributed by atoms with van der Waals surface area (Å²) in [5.41, 5.74) is 2.28. The van der Waals surface area contributed by atoms with Crippen LogP contribution in [0.5, 0.6) is 0 Å². The smallest absolute Gasteiger partial charge is 0.211 e. The lowest BCUT2D eigenvalue weighted by Crippen LogP contribution is -2.29. The van der Waals surface area contributed by atoms with Gasteiger partial charge in [0.05, 0.1) is 6.26 Å². The van der Waals surface area contributed by atoms with Gasteiger partial charge >= 0.3 is 0 Å². The van der Waals surface area contributed by atoms with Gasteiger partial charge in [0, 0.05) is 30.9 Å². The van der Waals surface area contributed by atoms with Crippen molar-refractivity contribution in [2.45, 2.75) is 32.9 Å². The van der Waals surface area contributed by atoms with Crippen molar-refractivity contribution >= 4 is 32.6 Å². The summed E-state index contributed by atoms with van der Waals surface area (Å²) in [6.45, 7) is 3.96. The van der Waals surface area contributed by atoms with Gasteiger partial charge in [0.25, 0.3) is 0 Å². The van der Waals surface area contributed by atoms with Gasteiger partial charge in [-0.3, -0.25) is 4.68 Å². The van der Waals surface area contributed by atoms with E-state index in [1.54, 1.807) is 4.31 Å². The number of hydrogen-bond acceptors (Lipinski definition) is 3. The number of sulfonamides is 1. The van der Waals surface area contributed by atoms with Crippen LogP contribution in [0, 0.1) is 3.70 Å². The molecule has 0 radical (unpaired) electrons. The van der Waals surface area contributed by atoms with Gasteiger partial charge in [-0.1, -0.05) is 0 Å². The van der Waals surface area contributed by atoms with Crippen LogP contribution in [0.3, 0.4) is 0 Å². The predicted octanol–water partition coefficient (Wildman–Crippen LogP) is 1.22. The first-order chi connectivity index (χ1) is 7.93. The van der Waals surface area contributed by atoms with Crippen molar-refractivity contribution in [1.82, 2.24) is 14.1 Å². The van der Waals surface area contributed by atoms with Crippen LogP contribution >= 0.6 is 22.6 Å². The maximum Gasteiger partial charge on any atom is 0.211 e. The second-order valence-electron chi connectivity index (χ2n) is 4.23. The van der Waals surface area contributed by atoms with Gasteiger partial charge in [0.1, 0.15) is 3.70 Å². The summed E-state index contributed by atoms with van der Waals surface area (Å²) in [6.07, 6.45) is 3.04. The lowest BCUT2D eigenvalue weighted by atomic mass is 10.2. The summed E-state index contributed by atoms with van der Waals surface area (Å²) in [6, 6.07) is 0. The number of aryl methyl sites for hydroxylation is 1. The van der Waals surface area contributed by atoms with Crippen LogP contribution < -0.4 is 0 Å². The third-order valence-corrected chi connectivity index (χ3v) is 5.16. The van der Waals surface area contributed by atoms with Crippen LogP contribution in [0.2, 0.25) is 0 Å². The number of aromatic nitrogens is 2. The third kappa shape index (κ3) is 2.65. The Morgan fingerprint density at radius 3 is 2.76 bits per heavy atom. The molecule has 0 fully saturated rings. The normalized spacial score (nSPS) is 17.8. The van der Waals surface area contributed by atoms with Gasteiger partial charge in [0.2, 0.25) is 10.0 Å². The van der Waals surface area contributed by atoms with Gasteiger partial charge in [-0.2, -0.15) is 9.40 Å². The number of rotatable bonds is 2. The Kier molecular flexibility index (Phi) is 3.79. The van der Waals surface area contributed by atoms with Gasteiger partial charge < -0.3 is 0 Å². The second kappa shape index (κ2) is 4.85. The van der Waals surface area contributed by atoms with Gasteiger partial charge in [-0.05, 0) is 42.4 Å². The van der Waals surface area contributed by atoms with Crippen LogP contribution in [-0.2, 0) is 29.5 Å². The number of nitrogens with zero attached hydrogens (tertiary/aromatic N) is 3. The first-order valence-electron chi connectivity index (χ1n) is 5.62. The molecular weight excluding hydrogens is 353 g/mol. The molecule has 0 bridgehead atoms. The maximum atomic E-state index is 11.6. The Labute approximate surface area is 115 Å². The van der Waals surface area contributed by atoms with Crippen LogP contribution in [0.4, 0.5) is 0 Å². The molecule has 0 saturated carbocycles. The van der Waals surface area contributed by atoms with E-state index in [-0.39, 0.29) is 0 Å². The molecule has 0 aliphatic carbocycles. The average molecular weight is 369 g/mol. The van der Waals surface area contributed by atoms with E-state index < -0.39 is 10.0 Å². The molecule has 1 aromatic heterocycles. The molecule has 0 aromatic carbocycles. The number of fused-ring (bicyclic) bond motifs is 1. The zero-order chi connectivity index (χ0) is 12.6. The molecule has 1 aliphatic heterocycles. The molecule has 7 heteroatoms. The van der Waals surface area contributed by atoms with E-state index >= 15 is 0 Å². The molecule has 2 heterocycles. The summed E-state index contributed by atoms with van der Waals surface area (Å²) in [5.74, 6) is 0. The molecule has 0 saturated heterocycles. The monoisotopic (exact) mass is 369 g/mol. The fourth-order valence-electron chi connectivity index (χ4n) is 2.16. The molecule has 0 unspecified atom stereocenters. The summed E-state index contributed by atoms with van der Waals surface area (Å²) in [7, 11) is -3.11. The second-order valence-corrected chi connectivity index (χ2v) is 7.24. The van der Waals surface area contributed by atoms with Crippen LogP contribution in [0.1, 0.15) is 24.6 Å². The fourth-order valence-corrected chi connectivity index (χ4v) is 3.73. The minimum absolute atomic E-state index is 0.465. The van der Waals surface area contributed by atoms with Gasteiger partial charge in [0.15, 0.2) is 0 Å².